The van der Waals surface area contributed by atoms with Gasteiger partial charge in [0.2, 0.25) is 0 Å². The van der Waals surface area contributed by atoms with Gasteiger partial charge in [-0.3, -0.25) is 4.79 Å². The summed E-state index contributed by atoms with van der Waals surface area (Å²) in [5, 5.41) is 12.6. The number of carbonyl (C=O) groups excluding carboxylic acids is 1. The van der Waals surface area contributed by atoms with E-state index < -0.39 is 10.7 Å². The third-order valence-electron chi connectivity index (χ3n) is 7.19. The van der Waals surface area contributed by atoms with Crippen molar-refractivity contribution < 1.29 is 14.7 Å². The molecule has 4 rings (SSSR count). The van der Waals surface area contributed by atoms with E-state index in [4.69, 9.17) is 0 Å². The van der Waals surface area contributed by atoms with Gasteiger partial charge in [-0.05, 0) is 80.8 Å². The number of carboxylic acid groups (broad SMARTS) is 1. The van der Waals surface area contributed by atoms with Crippen LogP contribution in [0.25, 0.3) is 0 Å². The van der Waals surface area contributed by atoms with Crippen LogP contribution in [0.3, 0.4) is 0 Å². The number of fused-ring (bicyclic) bond motifs is 1. The summed E-state index contributed by atoms with van der Waals surface area (Å²) in [6, 6.07) is 16.0. The van der Waals surface area contributed by atoms with Crippen LogP contribution in [0.5, 0.6) is 0 Å². The van der Waals surface area contributed by atoms with Gasteiger partial charge in [-0.15, -0.1) is 11.8 Å². The van der Waals surface area contributed by atoms with E-state index in [0.29, 0.717) is 0 Å². The van der Waals surface area contributed by atoms with Gasteiger partial charge in [0.1, 0.15) is 4.75 Å². The van der Waals surface area contributed by atoms with Gasteiger partial charge in [0.05, 0.1) is 0 Å². The summed E-state index contributed by atoms with van der Waals surface area (Å²) >= 11 is 1.37. The number of nitrogens with one attached hydrogen (secondary N) is 1. The van der Waals surface area contributed by atoms with Crippen molar-refractivity contribution in [3.05, 3.63) is 59.7 Å². The van der Waals surface area contributed by atoms with Crippen molar-refractivity contribution in [1.29, 1.82) is 0 Å². The van der Waals surface area contributed by atoms with Crippen molar-refractivity contribution in [2.24, 2.45) is 5.92 Å². The molecule has 182 valence electrons. The van der Waals surface area contributed by atoms with Gasteiger partial charge in [-0.25, -0.2) is 4.79 Å². The Kier molecular flexibility index (Phi) is 7.87. The number of aliphatic carboxylic acids is 1. The SMILES string of the molecule is CC(C)(Sc1ccc2c(c1)CC(N(CCCC1CCCC1)C(=O)Nc1ccccc1)C2)C(=O)O. The number of anilines is 1. The first-order valence-electron chi connectivity index (χ1n) is 12.5. The van der Waals surface area contributed by atoms with Crippen molar-refractivity contribution in [1.82, 2.24) is 4.90 Å². The Hall–Kier alpha value is -2.47. The molecular formula is C28H36N2O3S. The Morgan fingerprint density at radius 2 is 1.76 bits per heavy atom. The van der Waals surface area contributed by atoms with Gasteiger partial charge in [-0.2, -0.15) is 0 Å². The Morgan fingerprint density at radius 3 is 2.47 bits per heavy atom. The van der Waals surface area contributed by atoms with E-state index in [9.17, 15) is 14.7 Å². The highest BCUT2D eigenvalue weighted by molar-refractivity contribution is 8.01. The first kappa shape index (κ1) is 24.6. The normalized spacial score (nSPS) is 18.0. The molecule has 2 aliphatic rings. The Bertz CT molecular complexity index is 1000. The minimum atomic E-state index is -0.881. The number of hydrogen-bond acceptors (Lipinski definition) is 3. The number of para-hydroxylation sites is 1. The molecule has 1 fully saturated rings. The third kappa shape index (κ3) is 6.15. The van der Waals surface area contributed by atoms with Crippen molar-refractivity contribution >= 4 is 29.4 Å². The van der Waals surface area contributed by atoms with E-state index in [0.717, 1.165) is 42.3 Å². The minimum absolute atomic E-state index is 0.0305. The highest BCUT2D eigenvalue weighted by atomic mass is 32.2. The van der Waals surface area contributed by atoms with Crippen molar-refractivity contribution in [2.45, 2.75) is 80.9 Å². The largest absolute Gasteiger partial charge is 0.480 e. The third-order valence-corrected chi connectivity index (χ3v) is 8.36. The molecular weight excluding hydrogens is 444 g/mol. The molecule has 2 aromatic rings. The van der Waals surface area contributed by atoms with Crippen molar-refractivity contribution in [3.8, 4) is 0 Å². The number of amides is 2. The van der Waals surface area contributed by atoms with Crippen LogP contribution in [0.1, 0.15) is 63.5 Å². The number of hydrogen-bond donors (Lipinski definition) is 2. The van der Waals surface area contributed by atoms with Crippen LogP contribution < -0.4 is 5.32 Å². The number of thioether (sulfide) groups is 1. The highest BCUT2D eigenvalue weighted by Crippen LogP contribution is 2.36. The molecule has 0 spiro atoms. The van der Waals surface area contributed by atoms with Gasteiger partial charge in [0.15, 0.2) is 0 Å². The number of carbonyl (C=O) groups is 2. The molecule has 2 N–H and O–H groups in total. The van der Waals surface area contributed by atoms with Crippen molar-refractivity contribution in [2.75, 3.05) is 11.9 Å². The molecule has 34 heavy (non-hydrogen) atoms. The van der Waals surface area contributed by atoms with Crippen LogP contribution in [-0.2, 0) is 17.6 Å². The number of carboxylic acids is 1. The summed E-state index contributed by atoms with van der Waals surface area (Å²) in [4.78, 5) is 27.9. The highest BCUT2D eigenvalue weighted by Gasteiger charge is 2.32. The molecule has 2 amide bonds. The lowest BCUT2D eigenvalue weighted by molar-refractivity contribution is -0.138. The van der Waals surface area contributed by atoms with E-state index in [1.807, 2.05) is 41.3 Å². The minimum Gasteiger partial charge on any atom is -0.480 e. The van der Waals surface area contributed by atoms with Crippen LogP contribution in [0, 0.1) is 5.92 Å². The van der Waals surface area contributed by atoms with Crippen LogP contribution in [0.2, 0.25) is 0 Å². The number of benzene rings is 2. The maximum Gasteiger partial charge on any atom is 0.322 e. The summed E-state index contributed by atoms with van der Waals surface area (Å²) in [7, 11) is 0. The van der Waals surface area contributed by atoms with E-state index in [1.54, 1.807) is 13.8 Å². The molecule has 1 atom stereocenters. The summed E-state index contributed by atoms with van der Waals surface area (Å²) in [6.07, 6.45) is 9.24. The summed E-state index contributed by atoms with van der Waals surface area (Å²) in [5.74, 6) is -0.00104. The molecule has 0 radical (unpaired) electrons. The van der Waals surface area contributed by atoms with Gasteiger partial charge in [0.25, 0.3) is 0 Å². The average molecular weight is 481 g/mol. The molecule has 2 aliphatic carbocycles. The Balaban J connectivity index is 1.45. The lowest BCUT2D eigenvalue weighted by Gasteiger charge is -2.29. The standard InChI is InChI=1S/C28H36N2O3S/c1-28(2,26(31)32)34-25-15-14-21-17-24(18-22(21)19-25)30(16-8-11-20-9-6-7-10-20)27(33)29-23-12-4-3-5-13-23/h3-5,12-15,19-20,24H,6-11,16-18H2,1-2H3,(H,29,33)(H,31,32). The van der Waals surface area contributed by atoms with E-state index >= 15 is 0 Å². The molecule has 0 saturated heterocycles. The molecule has 0 aliphatic heterocycles. The molecule has 0 bridgehead atoms. The molecule has 1 saturated carbocycles. The first-order valence-corrected chi connectivity index (χ1v) is 13.3. The first-order chi connectivity index (χ1) is 16.3. The molecule has 0 heterocycles. The second kappa shape index (κ2) is 10.9. The molecule has 2 aromatic carbocycles. The predicted molar refractivity (Wildman–Crippen MR) is 139 cm³/mol. The zero-order valence-electron chi connectivity index (χ0n) is 20.3. The Morgan fingerprint density at radius 1 is 1.06 bits per heavy atom. The second-order valence-corrected chi connectivity index (χ2v) is 11.9. The van der Waals surface area contributed by atoms with E-state index in [1.165, 1.54) is 55.0 Å². The maximum atomic E-state index is 13.4. The fraction of sp³-hybridized carbons (Fsp3) is 0.500. The average Bonchev–Trinajstić information content (AvgIpc) is 3.46. The molecule has 6 heteroatoms. The smallest absolute Gasteiger partial charge is 0.322 e. The molecule has 0 aromatic heterocycles. The van der Waals surface area contributed by atoms with Crippen LogP contribution in [0.4, 0.5) is 10.5 Å². The number of urea groups is 1. The van der Waals surface area contributed by atoms with Gasteiger partial charge in [-0.1, -0.05) is 49.9 Å². The fourth-order valence-electron chi connectivity index (χ4n) is 5.21. The zero-order valence-corrected chi connectivity index (χ0v) is 21.1. The topological polar surface area (TPSA) is 69.6 Å². The summed E-state index contributed by atoms with van der Waals surface area (Å²) in [5.41, 5.74) is 3.30. The predicted octanol–water partition coefficient (Wildman–Crippen LogP) is 6.61. The fourth-order valence-corrected chi connectivity index (χ4v) is 6.22. The monoisotopic (exact) mass is 480 g/mol. The lowest BCUT2D eigenvalue weighted by Crippen LogP contribution is -2.44. The number of rotatable bonds is 9. The van der Waals surface area contributed by atoms with Crippen LogP contribution >= 0.6 is 11.8 Å². The molecule has 1 unspecified atom stereocenters. The summed E-state index contributed by atoms with van der Waals surface area (Å²) < 4.78 is -0.881. The molecule has 5 nitrogen and oxygen atoms in total. The Labute approximate surface area is 207 Å². The van der Waals surface area contributed by atoms with Crippen LogP contribution in [-0.4, -0.2) is 39.3 Å². The number of nitrogens with zero attached hydrogens (tertiary/aromatic N) is 1. The second-order valence-electron chi connectivity index (χ2n) is 10.2. The van der Waals surface area contributed by atoms with Gasteiger partial charge >= 0.3 is 12.0 Å². The quantitative estimate of drug-likeness (QED) is 0.396. The van der Waals surface area contributed by atoms with E-state index in [2.05, 4.69) is 17.4 Å². The zero-order chi connectivity index (χ0) is 24.1. The van der Waals surface area contributed by atoms with Gasteiger partial charge in [0, 0.05) is 23.2 Å². The summed E-state index contributed by atoms with van der Waals surface area (Å²) in [6.45, 7) is 4.23. The van der Waals surface area contributed by atoms with Crippen LogP contribution in [0.15, 0.2) is 53.4 Å². The maximum absolute atomic E-state index is 13.4. The van der Waals surface area contributed by atoms with E-state index in [-0.39, 0.29) is 12.1 Å². The van der Waals surface area contributed by atoms with Crippen molar-refractivity contribution in [3.63, 3.8) is 0 Å². The van der Waals surface area contributed by atoms with Gasteiger partial charge < -0.3 is 15.3 Å². The lowest BCUT2D eigenvalue weighted by atomic mass is 10.0.